The van der Waals surface area contributed by atoms with Crippen LogP contribution in [0.2, 0.25) is 0 Å². The average Bonchev–Trinajstić information content (AvgIpc) is 2.89. The van der Waals surface area contributed by atoms with Crippen LogP contribution in [0.15, 0.2) is 34.7 Å². The maximum atomic E-state index is 12.2. The summed E-state index contributed by atoms with van der Waals surface area (Å²) < 4.78 is 0.853. The maximum absolute atomic E-state index is 12.2. The molecule has 0 atom stereocenters. The van der Waals surface area contributed by atoms with Crippen LogP contribution in [0.3, 0.4) is 0 Å². The lowest BCUT2D eigenvalue weighted by Gasteiger charge is -2.20. The van der Waals surface area contributed by atoms with Crippen LogP contribution in [0, 0.1) is 6.92 Å². The van der Waals surface area contributed by atoms with Gasteiger partial charge in [0.2, 0.25) is 5.91 Å². The first-order chi connectivity index (χ1) is 9.69. The molecule has 1 aromatic heterocycles. The van der Waals surface area contributed by atoms with E-state index in [1.165, 1.54) is 23.1 Å². The highest BCUT2D eigenvalue weighted by atomic mass is 32.2. The van der Waals surface area contributed by atoms with E-state index in [4.69, 9.17) is 0 Å². The van der Waals surface area contributed by atoms with Crippen LogP contribution in [0.5, 0.6) is 0 Å². The SMILES string of the molecule is CCN(Cc1ccccc1)C(=O)CSc1nnc(C)s1. The molecular formula is C14H17N3OS2. The fourth-order valence-electron chi connectivity index (χ4n) is 1.73. The molecule has 0 aliphatic rings. The van der Waals surface area contributed by atoms with Gasteiger partial charge in [-0.15, -0.1) is 10.2 Å². The molecule has 0 aliphatic heterocycles. The molecule has 0 bridgehead atoms. The molecule has 4 nitrogen and oxygen atoms in total. The van der Waals surface area contributed by atoms with Gasteiger partial charge in [0, 0.05) is 13.1 Å². The molecule has 0 fully saturated rings. The summed E-state index contributed by atoms with van der Waals surface area (Å²) in [6, 6.07) is 10.0. The first-order valence-electron chi connectivity index (χ1n) is 6.43. The summed E-state index contributed by atoms with van der Waals surface area (Å²) in [5.41, 5.74) is 1.15. The van der Waals surface area contributed by atoms with Gasteiger partial charge in [-0.25, -0.2) is 0 Å². The second kappa shape index (κ2) is 7.40. The molecule has 0 spiro atoms. The monoisotopic (exact) mass is 307 g/mol. The van der Waals surface area contributed by atoms with Crippen molar-refractivity contribution in [3.8, 4) is 0 Å². The zero-order valence-corrected chi connectivity index (χ0v) is 13.2. The van der Waals surface area contributed by atoms with Crippen LogP contribution in [0.4, 0.5) is 0 Å². The largest absolute Gasteiger partial charge is 0.338 e. The van der Waals surface area contributed by atoms with Gasteiger partial charge in [0.05, 0.1) is 5.75 Å². The van der Waals surface area contributed by atoms with Gasteiger partial charge in [-0.2, -0.15) is 0 Å². The summed E-state index contributed by atoms with van der Waals surface area (Å²) >= 11 is 2.98. The number of carbonyl (C=O) groups is 1. The molecule has 0 saturated heterocycles. The van der Waals surface area contributed by atoms with Crippen LogP contribution in [0.1, 0.15) is 17.5 Å². The second-order valence-electron chi connectivity index (χ2n) is 4.27. The van der Waals surface area contributed by atoms with Gasteiger partial charge in [0.15, 0.2) is 4.34 Å². The van der Waals surface area contributed by atoms with Gasteiger partial charge >= 0.3 is 0 Å². The molecule has 0 unspecified atom stereocenters. The molecule has 2 aromatic rings. The molecule has 106 valence electrons. The molecular weight excluding hydrogens is 290 g/mol. The smallest absolute Gasteiger partial charge is 0.233 e. The van der Waals surface area contributed by atoms with Crippen LogP contribution >= 0.6 is 23.1 Å². The quantitative estimate of drug-likeness (QED) is 0.770. The average molecular weight is 307 g/mol. The molecule has 1 heterocycles. The predicted molar refractivity (Wildman–Crippen MR) is 82.9 cm³/mol. The van der Waals surface area contributed by atoms with Crippen molar-refractivity contribution in [3.63, 3.8) is 0 Å². The first-order valence-corrected chi connectivity index (χ1v) is 8.24. The van der Waals surface area contributed by atoms with Gasteiger partial charge in [-0.05, 0) is 19.4 Å². The minimum Gasteiger partial charge on any atom is -0.338 e. The van der Waals surface area contributed by atoms with Crippen molar-refractivity contribution < 1.29 is 4.79 Å². The van der Waals surface area contributed by atoms with E-state index in [0.29, 0.717) is 18.8 Å². The molecule has 2 rings (SSSR count). The third kappa shape index (κ3) is 4.31. The second-order valence-corrected chi connectivity index (χ2v) is 6.67. The molecule has 20 heavy (non-hydrogen) atoms. The van der Waals surface area contributed by atoms with Crippen molar-refractivity contribution >= 4 is 29.0 Å². The molecule has 0 N–H and O–H groups in total. The Balaban J connectivity index is 1.89. The summed E-state index contributed by atoms with van der Waals surface area (Å²) in [7, 11) is 0. The zero-order chi connectivity index (χ0) is 14.4. The van der Waals surface area contributed by atoms with Gasteiger partial charge in [0.1, 0.15) is 5.01 Å². The van der Waals surface area contributed by atoms with Gasteiger partial charge in [-0.1, -0.05) is 53.4 Å². The van der Waals surface area contributed by atoms with Gasteiger partial charge in [0.25, 0.3) is 0 Å². The highest BCUT2D eigenvalue weighted by Gasteiger charge is 2.13. The highest BCUT2D eigenvalue weighted by molar-refractivity contribution is 8.01. The third-order valence-electron chi connectivity index (χ3n) is 2.78. The van der Waals surface area contributed by atoms with Crippen molar-refractivity contribution in [3.05, 3.63) is 40.9 Å². The Morgan fingerprint density at radius 3 is 2.65 bits per heavy atom. The minimum atomic E-state index is 0.134. The van der Waals surface area contributed by atoms with Crippen molar-refractivity contribution in [2.45, 2.75) is 24.7 Å². The van der Waals surface area contributed by atoms with Crippen molar-refractivity contribution in [1.29, 1.82) is 0 Å². The Bertz CT molecular complexity index is 557. The Kier molecular flexibility index (Phi) is 5.55. The number of thioether (sulfide) groups is 1. The standard InChI is InChI=1S/C14H17N3OS2/c1-3-17(9-12-7-5-4-6-8-12)13(18)10-19-14-16-15-11(2)20-14/h4-8H,3,9-10H2,1-2H3. The van der Waals surface area contributed by atoms with Crippen LogP contribution < -0.4 is 0 Å². The highest BCUT2D eigenvalue weighted by Crippen LogP contribution is 2.22. The summed E-state index contributed by atoms with van der Waals surface area (Å²) in [5.74, 6) is 0.546. The maximum Gasteiger partial charge on any atom is 0.233 e. The van der Waals surface area contributed by atoms with Crippen LogP contribution in [-0.2, 0) is 11.3 Å². The van der Waals surface area contributed by atoms with E-state index in [1.807, 2.05) is 49.1 Å². The Morgan fingerprint density at radius 1 is 1.30 bits per heavy atom. The molecule has 0 aliphatic carbocycles. The molecule has 0 saturated carbocycles. The lowest BCUT2D eigenvalue weighted by Crippen LogP contribution is -2.31. The summed E-state index contributed by atoms with van der Waals surface area (Å²) in [5, 5.41) is 8.90. The number of benzene rings is 1. The summed E-state index contributed by atoms with van der Waals surface area (Å²) in [4.78, 5) is 14.1. The van der Waals surface area contributed by atoms with Gasteiger partial charge < -0.3 is 4.90 Å². The Morgan fingerprint density at radius 2 is 2.05 bits per heavy atom. The van der Waals surface area contributed by atoms with E-state index < -0.39 is 0 Å². The van der Waals surface area contributed by atoms with E-state index in [0.717, 1.165) is 14.9 Å². The normalized spacial score (nSPS) is 10.5. The number of aryl methyl sites for hydroxylation is 1. The Hall–Kier alpha value is -1.40. The molecule has 0 radical (unpaired) electrons. The number of rotatable bonds is 6. The number of hydrogen-bond acceptors (Lipinski definition) is 5. The fourth-order valence-corrected chi connectivity index (χ4v) is 3.45. The summed E-state index contributed by atoms with van der Waals surface area (Å²) in [6.07, 6.45) is 0. The van der Waals surface area contributed by atoms with E-state index in [-0.39, 0.29) is 5.91 Å². The van der Waals surface area contributed by atoms with Crippen molar-refractivity contribution in [2.75, 3.05) is 12.3 Å². The number of amides is 1. The van der Waals surface area contributed by atoms with E-state index >= 15 is 0 Å². The van der Waals surface area contributed by atoms with E-state index in [1.54, 1.807) is 0 Å². The van der Waals surface area contributed by atoms with Gasteiger partial charge in [-0.3, -0.25) is 4.79 Å². The fraction of sp³-hybridized carbons (Fsp3) is 0.357. The van der Waals surface area contributed by atoms with E-state index in [2.05, 4.69) is 10.2 Å². The zero-order valence-electron chi connectivity index (χ0n) is 11.6. The number of nitrogens with zero attached hydrogens (tertiary/aromatic N) is 3. The lowest BCUT2D eigenvalue weighted by molar-refractivity contribution is -0.128. The van der Waals surface area contributed by atoms with Crippen molar-refractivity contribution in [1.82, 2.24) is 15.1 Å². The van der Waals surface area contributed by atoms with E-state index in [9.17, 15) is 4.79 Å². The lowest BCUT2D eigenvalue weighted by atomic mass is 10.2. The number of hydrogen-bond donors (Lipinski definition) is 0. The minimum absolute atomic E-state index is 0.134. The molecule has 6 heteroatoms. The molecule has 1 aromatic carbocycles. The molecule has 1 amide bonds. The Labute approximate surface area is 127 Å². The number of aromatic nitrogens is 2. The van der Waals surface area contributed by atoms with Crippen LogP contribution in [0.25, 0.3) is 0 Å². The predicted octanol–water partition coefficient (Wildman–Crippen LogP) is 2.99. The first kappa shape index (κ1) is 15.0. The third-order valence-corrected chi connectivity index (χ3v) is 4.73. The summed E-state index contributed by atoms with van der Waals surface area (Å²) in [6.45, 7) is 5.28. The topological polar surface area (TPSA) is 46.1 Å². The van der Waals surface area contributed by atoms with Crippen molar-refractivity contribution in [2.24, 2.45) is 0 Å². The van der Waals surface area contributed by atoms with Crippen LogP contribution in [-0.4, -0.2) is 33.3 Å². The number of carbonyl (C=O) groups excluding carboxylic acids is 1.